The summed E-state index contributed by atoms with van der Waals surface area (Å²) in [5, 5.41) is 12.1. The van der Waals surface area contributed by atoms with Crippen LogP contribution >= 0.6 is 23.2 Å². The fourth-order valence-corrected chi connectivity index (χ4v) is 2.88. The number of aromatic nitrogens is 4. The van der Waals surface area contributed by atoms with Crippen molar-refractivity contribution in [3.63, 3.8) is 0 Å². The Hall–Kier alpha value is -2.64. The van der Waals surface area contributed by atoms with Crippen molar-refractivity contribution >= 4 is 29.1 Å². The Balaban J connectivity index is 1.70. The number of carbonyl (C=O) groups is 1. The molecule has 0 fully saturated rings. The van der Waals surface area contributed by atoms with Gasteiger partial charge in [-0.25, -0.2) is 9.36 Å². The topological polar surface area (TPSA) is 81.8 Å². The van der Waals surface area contributed by atoms with E-state index in [1.807, 2.05) is 19.9 Å². The highest BCUT2D eigenvalue weighted by atomic mass is 35.5. The van der Waals surface area contributed by atoms with Gasteiger partial charge >= 0.3 is 0 Å². The minimum absolute atomic E-state index is 0.221. The summed E-state index contributed by atoms with van der Waals surface area (Å²) in [6, 6.07) is 9.61. The highest BCUT2D eigenvalue weighted by Gasteiger charge is 2.10. The van der Waals surface area contributed by atoms with Gasteiger partial charge in [-0.1, -0.05) is 23.2 Å². The molecule has 1 aromatic carbocycles. The van der Waals surface area contributed by atoms with Gasteiger partial charge in [0, 0.05) is 23.9 Å². The van der Waals surface area contributed by atoms with E-state index in [4.69, 9.17) is 23.2 Å². The molecule has 0 atom stereocenters. The Morgan fingerprint density at radius 3 is 2.52 bits per heavy atom. The summed E-state index contributed by atoms with van der Waals surface area (Å²) in [5.74, 6) is 0.229. The Morgan fingerprint density at radius 2 is 1.85 bits per heavy atom. The van der Waals surface area contributed by atoms with Crippen LogP contribution in [0.5, 0.6) is 0 Å². The quantitative estimate of drug-likeness (QED) is 0.707. The summed E-state index contributed by atoms with van der Waals surface area (Å²) in [5.41, 5.74) is 1.91. The zero-order valence-electron chi connectivity index (χ0n) is 14.7. The van der Waals surface area contributed by atoms with Gasteiger partial charge in [-0.2, -0.15) is 5.10 Å². The SMILES string of the molecule is Cc1cc(C)n(-c2ccc(=O)n(CCNC(=O)c3ccc(Cl)c(Cl)c3)n2)n1. The molecule has 0 aliphatic carbocycles. The second-order valence-electron chi connectivity index (χ2n) is 5.98. The molecule has 0 radical (unpaired) electrons. The monoisotopic (exact) mass is 405 g/mol. The molecule has 0 aliphatic rings. The third-order valence-electron chi connectivity index (χ3n) is 3.87. The summed E-state index contributed by atoms with van der Waals surface area (Å²) >= 11 is 11.8. The molecule has 0 bridgehead atoms. The van der Waals surface area contributed by atoms with E-state index in [2.05, 4.69) is 15.5 Å². The van der Waals surface area contributed by atoms with Gasteiger partial charge in [-0.15, -0.1) is 5.10 Å². The lowest BCUT2D eigenvalue weighted by Crippen LogP contribution is -2.32. The van der Waals surface area contributed by atoms with Crippen LogP contribution in [0.1, 0.15) is 21.7 Å². The fraction of sp³-hybridized carbons (Fsp3) is 0.222. The van der Waals surface area contributed by atoms with Crippen molar-refractivity contribution < 1.29 is 4.79 Å². The second kappa shape index (κ2) is 7.94. The Kier molecular flexibility index (Phi) is 5.62. The molecule has 0 spiro atoms. The van der Waals surface area contributed by atoms with Crippen LogP contribution in [0.2, 0.25) is 10.0 Å². The first-order valence-corrected chi connectivity index (χ1v) is 8.96. The summed E-state index contributed by atoms with van der Waals surface area (Å²) in [6.45, 7) is 4.25. The molecule has 1 N–H and O–H groups in total. The maximum absolute atomic E-state index is 12.2. The molecule has 0 saturated heterocycles. The fourth-order valence-electron chi connectivity index (χ4n) is 2.59. The van der Waals surface area contributed by atoms with E-state index in [1.54, 1.807) is 22.9 Å². The molecule has 2 aromatic heterocycles. The molecular weight excluding hydrogens is 389 g/mol. The number of nitrogens with zero attached hydrogens (tertiary/aromatic N) is 4. The summed E-state index contributed by atoms with van der Waals surface area (Å²) in [6.07, 6.45) is 0. The first-order chi connectivity index (χ1) is 12.8. The Labute approximate surface area is 165 Å². The molecule has 3 rings (SSSR count). The third kappa shape index (κ3) is 4.37. The van der Waals surface area contributed by atoms with Gasteiger partial charge in [0.15, 0.2) is 5.82 Å². The predicted octanol–water partition coefficient (Wildman–Crippen LogP) is 2.78. The molecule has 140 valence electrons. The van der Waals surface area contributed by atoms with Crippen molar-refractivity contribution in [1.29, 1.82) is 0 Å². The van der Waals surface area contributed by atoms with Crippen molar-refractivity contribution in [3.05, 3.63) is 73.7 Å². The van der Waals surface area contributed by atoms with Crippen LogP contribution in [-0.2, 0) is 6.54 Å². The molecule has 27 heavy (non-hydrogen) atoms. The van der Waals surface area contributed by atoms with Gasteiger partial charge in [0.05, 0.1) is 22.3 Å². The average molecular weight is 406 g/mol. The van der Waals surface area contributed by atoms with Gasteiger partial charge in [-0.05, 0) is 44.2 Å². The first-order valence-electron chi connectivity index (χ1n) is 8.20. The number of rotatable bonds is 5. The van der Waals surface area contributed by atoms with Crippen LogP contribution in [0.4, 0.5) is 0 Å². The number of halogens is 2. The van der Waals surface area contributed by atoms with Crippen molar-refractivity contribution in [2.75, 3.05) is 6.54 Å². The number of hydrogen-bond acceptors (Lipinski definition) is 4. The van der Waals surface area contributed by atoms with Crippen LogP contribution in [0.15, 0.2) is 41.2 Å². The first kappa shape index (κ1) is 19.1. The number of benzene rings is 1. The standard InChI is InChI=1S/C18H17Cl2N5O2/c1-11-9-12(2)25(22-11)16-5-6-17(26)24(23-16)8-7-21-18(27)13-3-4-14(19)15(20)10-13/h3-6,9-10H,7-8H2,1-2H3,(H,21,27). The molecule has 0 unspecified atom stereocenters. The van der Waals surface area contributed by atoms with Gasteiger partial charge in [-0.3, -0.25) is 9.59 Å². The Morgan fingerprint density at radius 1 is 1.07 bits per heavy atom. The van der Waals surface area contributed by atoms with E-state index in [9.17, 15) is 9.59 Å². The highest BCUT2D eigenvalue weighted by molar-refractivity contribution is 6.42. The summed E-state index contributed by atoms with van der Waals surface area (Å²) in [7, 11) is 0. The molecule has 2 heterocycles. The lowest BCUT2D eigenvalue weighted by atomic mass is 10.2. The van der Waals surface area contributed by atoms with Crippen LogP contribution in [0, 0.1) is 13.8 Å². The summed E-state index contributed by atoms with van der Waals surface area (Å²) in [4.78, 5) is 24.2. The van der Waals surface area contributed by atoms with Crippen molar-refractivity contribution in [3.8, 4) is 5.82 Å². The smallest absolute Gasteiger partial charge is 0.266 e. The Bertz CT molecular complexity index is 1060. The van der Waals surface area contributed by atoms with Crippen molar-refractivity contribution in [2.24, 2.45) is 0 Å². The number of hydrogen-bond donors (Lipinski definition) is 1. The van der Waals surface area contributed by atoms with Gasteiger partial charge in [0.2, 0.25) is 0 Å². The van der Waals surface area contributed by atoms with Crippen LogP contribution in [0.25, 0.3) is 5.82 Å². The van der Waals surface area contributed by atoms with Gasteiger partial charge in [0.1, 0.15) is 0 Å². The van der Waals surface area contributed by atoms with Gasteiger partial charge in [0.25, 0.3) is 11.5 Å². The number of aryl methyl sites for hydroxylation is 2. The highest BCUT2D eigenvalue weighted by Crippen LogP contribution is 2.22. The number of amides is 1. The predicted molar refractivity (Wildman–Crippen MR) is 104 cm³/mol. The van der Waals surface area contributed by atoms with Crippen molar-refractivity contribution in [2.45, 2.75) is 20.4 Å². The van der Waals surface area contributed by atoms with Gasteiger partial charge < -0.3 is 5.32 Å². The minimum Gasteiger partial charge on any atom is -0.350 e. The van der Waals surface area contributed by atoms with Crippen LogP contribution in [0.3, 0.4) is 0 Å². The normalized spacial score (nSPS) is 10.8. The molecule has 0 aliphatic heterocycles. The van der Waals surface area contributed by atoms with E-state index in [0.29, 0.717) is 21.4 Å². The lowest BCUT2D eigenvalue weighted by molar-refractivity contribution is 0.0951. The van der Waals surface area contributed by atoms with Crippen LogP contribution < -0.4 is 10.9 Å². The molecule has 7 nitrogen and oxygen atoms in total. The number of carbonyl (C=O) groups excluding carboxylic acids is 1. The van der Waals surface area contributed by atoms with E-state index in [-0.39, 0.29) is 24.6 Å². The van der Waals surface area contributed by atoms with Crippen molar-refractivity contribution in [1.82, 2.24) is 24.9 Å². The molecular formula is C18H17Cl2N5O2. The average Bonchev–Trinajstić information content (AvgIpc) is 2.97. The maximum Gasteiger partial charge on any atom is 0.266 e. The van der Waals surface area contributed by atoms with E-state index < -0.39 is 0 Å². The molecule has 0 saturated carbocycles. The lowest BCUT2D eigenvalue weighted by Gasteiger charge is -2.09. The van der Waals surface area contributed by atoms with E-state index in [1.165, 1.54) is 16.8 Å². The zero-order valence-corrected chi connectivity index (χ0v) is 16.3. The van der Waals surface area contributed by atoms with E-state index in [0.717, 1.165) is 11.4 Å². The summed E-state index contributed by atoms with van der Waals surface area (Å²) < 4.78 is 2.96. The molecule has 3 aromatic rings. The molecule has 9 heteroatoms. The minimum atomic E-state index is -0.309. The second-order valence-corrected chi connectivity index (χ2v) is 6.79. The largest absolute Gasteiger partial charge is 0.350 e. The zero-order chi connectivity index (χ0) is 19.6. The van der Waals surface area contributed by atoms with E-state index >= 15 is 0 Å². The number of nitrogens with one attached hydrogen (secondary N) is 1. The third-order valence-corrected chi connectivity index (χ3v) is 4.61. The van der Waals surface area contributed by atoms with Crippen LogP contribution in [-0.4, -0.2) is 32.0 Å². The maximum atomic E-state index is 12.2. The molecule has 1 amide bonds.